The third-order valence-electron chi connectivity index (χ3n) is 2.50. The van der Waals surface area contributed by atoms with E-state index in [1.807, 2.05) is 24.3 Å². The molecule has 0 radical (unpaired) electrons. The first-order chi connectivity index (χ1) is 9.10. The minimum absolute atomic E-state index is 0.198. The van der Waals surface area contributed by atoms with Crippen molar-refractivity contribution in [2.45, 2.75) is 13.5 Å². The van der Waals surface area contributed by atoms with Gasteiger partial charge in [-0.05, 0) is 19.1 Å². The van der Waals surface area contributed by atoms with Crippen LogP contribution < -0.4 is 4.90 Å². The molecule has 0 aromatic carbocycles. The number of rotatable bonds is 4. The fraction of sp³-hybridized carbons (Fsp3) is 0.333. The Bertz CT molecular complexity index is 567. The van der Waals surface area contributed by atoms with E-state index in [9.17, 15) is 4.79 Å². The maximum absolute atomic E-state index is 11.2. The van der Waals surface area contributed by atoms with Crippen molar-refractivity contribution in [2.24, 2.45) is 0 Å². The lowest BCUT2D eigenvalue weighted by Crippen LogP contribution is -2.19. The molecule has 0 bridgehead atoms. The molecule has 2 aromatic rings. The van der Waals surface area contributed by atoms with Crippen LogP contribution in [0.25, 0.3) is 0 Å². The molecule has 2 aromatic heterocycles. The van der Waals surface area contributed by atoms with Crippen LogP contribution in [0.3, 0.4) is 0 Å². The van der Waals surface area contributed by atoms with Gasteiger partial charge in [-0.2, -0.15) is 0 Å². The monoisotopic (exact) mass is 278 g/mol. The van der Waals surface area contributed by atoms with Gasteiger partial charge in [0.05, 0.1) is 24.4 Å². The third-order valence-corrected chi connectivity index (χ3v) is 3.32. The maximum atomic E-state index is 11.2. The Morgan fingerprint density at radius 1 is 1.42 bits per heavy atom. The fourth-order valence-electron chi connectivity index (χ4n) is 1.55. The normalized spacial score (nSPS) is 10.3. The fourth-order valence-corrected chi connectivity index (χ4v) is 2.15. The second-order valence-electron chi connectivity index (χ2n) is 3.98. The summed E-state index contributed by atoms with van der Waals surface area (Å²) < 4.78 is 4.57. The first-order valence-electron chi connectivity index (χ1n) is 5.64. The van der Waals surface area contributed by atoms with Gasteiger partial charge in [0.25, 0.3) is 0 Å². The van der Waals surface area contributed by atoms with E-state index in [0.717, 1.165) is 10.7 Å². The molecule has 2 rings (SSSR count). The lowest BCUT2D eigenvalue weighted by molar-refractivity contribution is 0.0592. The third kappa shape index (κ3) is 3.25. The number of hydrogen-bond acceptors (Lipinski definition) is 7. The van der Waals surface area contributed by atoms with Crippen LogP contribution in [0.1, 0.15) is 21.2 Å². The maximum Gasteiger partial charge on any atom is 0.358 e. The summed E-state index contributed by atoms with van der Waals surface area (Å²) in [6.45, 7) is 2.62. The summed E-state index contributed by atoms with van der Waals surface area (Å²) in [5.74, 6) is 0.190. The van der Waals surface area contributed by atoms with Gasteiger partial charge in [-0.3, -0.25) is 0 Å². The van der Waals surface area contributed by atoms with Gasteiger partial charge < -0.3 is 9.64 Å². The molecule has 6 nitrogen and oxygen atoms in total. The molecule has 0 saturated heterocycles. The van der Waals surface area contributed by atoms with Crippen LogP contribution in [0.15, 0.2) is 17.5 Å². The number of carbonyl (C=O) groups excluding carboxylic acids is 1. The molecule has 0 N–H and O–H groups in total. The highest BCUT2D eigenvalue weighted by atomic mass is 32.1. The van der Waals surface area contributed by atoms with Crippen molar-refractivity contribution < 1.29 is 9.53 Å². The minimum atomic E-state index is -0.489. The Kier molecular flexibility index (Phi) is 4.06. The second kappa shape index (κ2) is 5.75. The molecule has 0 aliphatic heterocycles. The van der Waals surface area contributed by atoms with E-state index >= 15 is 0 Å². The van der Waals surface area contributed by atoms with Gasteiger partial charge in [0.1, 0.15) is 0 Å². The van der Waals surface area contributed by atoms with E-state index in [0.29, 0.717) is 12.4 Å². The lowest BCUT2D eigenvalue weighted by atomic mass is 10.3. The van der Waals surface area contributed by atoms with E-state index in [-0.39, 0.29) is 5.69 Å². The highest BCUT2D eigenvalue weighted by molar-refractivity contribution is 7.09. The average molecular weight is 278 g/mol. The van der Waals surface area contributed by atoms with Crippen molar-refractivity contribution in [3.63, 3.8) is 0 Å². The summed E-state index contributed by atoms with van der Waals surface area (Å²) in [7, 11) is 3.21. The van der Waals surface area contributed by atoms with Gasteiger partial charge in [0.2, 0.25) is 0 Å². The molecule has 19 heavy (non-hydrogen) atoms. The number of esters is 1. The summed E-state index contributed by atoms with van der Waals surface area (Å²) in [4.78, 5) is 17.6. The number of aromatic nitrogens is 3. The van der Waals surface area contributed by atoms with E-state index < -0.39 is 5.97 Å². The van der Waals surface area contributed by atoms with Gasteiger partial charge in [0.15, 0.2) is 11.5 Å². The number of anilines is 1. The predicted molar refractivity (Wildman–Crippen MR) is 72.3 cm³/mol. The standard InChI is InChI=1S/C12H14N4O2S/c1-8-13-9(7-19-8)6-16(2)11-5-4-10(14-15-11)12(17)18-3/h4-5,7H,6H2,1-3H3. The number of thiazole rings is 1. The Morgan fingerprint density at radius 2 is 2.21 bits per heavy atom. The van der Waals surface area contributed by atoms with Crippen LogP contribution in [0, 0.1) is 6.92 Å². The van der Waals surface area contributed by atoms with E-state index in [1.54, 1.807) is 23.5 Å². The molecule has 0 amide bonds. The number of ether oxygens (including phenoxy) is 1. The van der Waals surface area contributed by atoms with Gasteiger partial charge in [-0.25, -0.2) is 9.78 Å². The Morgan fingerprint density at radius 3 is 2.74 bits per heavy atom. The van der Waals surface area contributed by atoms with Crippen LogP contribution in [-0.2, 0) is 11.3 Å². The molecule has 0 aliphatic carbocycles. The van der Waals surface area contributed by atoms with Crippen LogP contribution in [-0.4, -0.2) is 35.3 Å². The van der Waals surface area contributed by atoms with Crippen molar-refractivity contribution in [1.29, 1.82) is 0 Å². The van der Waals surface area contributed by atoms with Crippen molar-refractivity contribution >= 4 is 23.1 Å². The number of carbonyl (C=O) groups is 1. The van der Waals surface area contributed by atoms with Gasteiger partial charge in [0, 0.05) is 12.4 Å². The first-order valence-corrected chi connectivity index (χ1v) is 6.52. The van der Waals surface area contributed by atoms with E-state index in [1.165, 1.54) is 7.11 Å². The smallest absolute Gasteiger partial charge is 0.358 e. The Labute approximate surface area is 115 Å². The molecular formula is C12H14N4O2S. The van der Waals surface area contributed by atoms with Gasteiger partial charge in [-0.15, -0.1) is 21.5 Å². The van der Waals surface area contributed by atoms with Crippen LogP contribution in [0.2, 0.25) is 0 Å². The van der Waals surface area contributed by atoms with Crippen LogP contribution >= 0.6 is 11.3 Å². The number of methoxy groups -OCH3 is 1. The van der Waals surface area contributed by atoms with E-state index in [4.69, 9.17) is 0 Å². The minimum Gasteiger partial charge on any atom is -0.464 e. The molecule has 2 heterocycles. The summed E-state index contributed by atoms with van der Waals surface area (Å²) in [6, 6.07) is 3.33. The summed E-state index contributed by atoms with van der Waals surface area (Å²) in [6.07, 6.45) is 0. The van der Waals surface area contributed by atoms with Crippen molar-refractivity contribution in [3.05, 3.63) is 33.9 Å². The van der Waals surface area contributed by atoms with Crippen molar-refractivity contribution in [1.82, 2.24) is 15.2 Å². The largest absolute Gasteiger partial charge is 0.464 e. The van der Waals surface area contributed by atoms with Crippen molar-refractivity contribution in [3.8, 4) is 0 Å². The molecule has 7 heteroatoms. The quantitative estimate of drug-likeness (QED) is 0.792. The number of nitrogens with zero attached hydrogens (tertiary/aromatic N) is 4. The van der Waals surface area contributed by atoms with Crippen LogP contribution in [0.5, 0.6) is 0 Å². The van der Waals surface area contributed by atoms with Gasteiger partial charge >= 0.3 is 5.97 Å². The highest BCUT2D eigenvalue weighted by Crippen LogP contribution is 2.14. The zero-order chi connectivity index (χ0) is 13.8. The van der Waals surface area contributed by atoms with Gasteiger partial charge in [-0.1, -0.05) is 0 Å². The SMILES string of the molecule is COC(=O)c1ccc(N(C)Cc2csc(C)n2)nn1. The lowest BCUT2D eigenvalue weighted by Gasteiger charge is -2.15. The second-order valence-corrected chi connectivity index (χ2v) is 5.04. The van der Waals surface area contributed by atoms with Crippen molar-refractivity contribution in [2.75, 3.05) is 19.1 Å². The zero-order valence-corrected chi connectivity index (χ0v) is 11.8. The highest BCUT2D eigenvalue weighted by Gasteiger charge is 2.10. The zero-order valence-electron chi connectivity index (χ0n) is 11.0. The summed E-state index contributed by atoms with van der Waals surface area (Å²) in [5.41, 5.74) is 1.19. The molecule has 0 spiro atoms. The number of aryl methyl sites for hydroxylation is 1. The summed E-state index contributed by atoms with van der Waals surface area (Å²) in [5, 5.41) is 10.9. The average Bonchev–Trinajstić information content (AvgIpc) is 2.83. The van der Waals surface area contributed by atoms with E-state index in [2.05, 4.69) is 19.9 Å². The molecule has 0 atom stereocenters. The molecule has 0 fully saturated rings. The summed E-state index contributed by atoms with van der Waals surface area (Å²) >= 11 is 1.62. The number of hydrogen-bond donors (Lipinski definition) is 0. The predicted octanol–water partition coefficient (Wildman–Crippen LogP) is 1.66. The molecule has 0 aliphatic rings. The first kappa shape index (κ1) is 13.4. The molecule has 100 valence electrons. The Balaban J connectivity index is 2.07. The molecular weight excluding hydrogens is 264 g/mol. The molecule has 0 saturated carbocycles. The Hall–Kier alpha value is -2.02. The molecule has 0 unspecified atom stereocenters. The topological polar surface area (TPSA) is 68.2 Å². The van der Waals surface area contributed by atoms with Crippen LogP contribution in [0.4, 0.5) is 5.82 Å².